The number of hydrogen-bond donors (Lipinski definition) is 1. The molecule has 1 aromatic rings. The van der Waals surface area contributed by atoms with Crippen molar-refractivity contribution in [3.8, 4) is 0 Å². The van der Waals surface area contributed by atoms with Crippen LogP contribution in [0.2, 0.25) is 0 Å². The maximum Gasteiger partial charge on any atom is 0.118 e. The van der Waals surface area contributed by atoms with Crippen LogP contribution in [0.25, 0.3) is 0 Å². The molecule has 1 fully saturated rings. The minimum Gasteiger partial charge on any atom is -0.465 e. The second-order valence-electron chi connectivity index (χ2n) is 5.19. The van der Waals surface area contributed by atoms with Gasteiger partial charge in [0, 0.05) is 5.56 Å². The average molecular weight is 251 g/mol. The van der Waals surface area contributed by atoms with Gasteiger partial charge in [0.25, 0.3) is 0 Å². The third-order valence-corrected chi connectivity index (χ3v) is 3.57. The molecule has 18 heavy (non-hydrogen) atoms. The lowest BCUT2D eigenvalue weighted by molar-refractivity contribution is 0.0451. The fourth-order valence-electron chi connectivity index (χ4n) is 2.47. The third-order valence-electron chi connectivity index (χ3n) is 3.57. The zero-order chi connectivity index (χ0) is 12.8. The molecule has 102 valence electrons. The first-order valence-corrected chi connectivity index (χ1v) is 7.20. The van der Waals surface area contributed by atoms with Crippen LogP contribution < -0.4 is 5.32 Å². The van der Waals surface area contributed by atoms with Gasteiger partial charge in [0.1, 0.15) is 11.5 Å². The van der Waals surface area contributed by atoms with E-state index in [1.54, 1.807) is 0 Å². The summed E-state index contributed by atoms with van der Waals surface area (Å²) in [4.78, 5) is 0. The van der Waals surface area contributed by atoms with Crippen LogP contribution in [0.1, 0.15) is 56.1 Å². The van der Waals surface area contributed by atoms with Crippen LogP contribution in [-0.2, 0) is 17.9 Å². The van der Waals surface area contributed by atoms with Crippen LogP contribution in [0.4, 0.5) is 0 Å². The quantitative estimate of drug-likeness (QED) is 0.753. The molecule has 0 atom stereocenters. The van der Waals surface area contributed by atoms with Crippen molar-refractivity contribution in [2.75, 3.05) is 6.54 Å². The van der Waals surface area contributed by atoms with Crippen LogP contribution in [0.15, 0.2) is 10.5 Å². The van der Waals surface area contributed by atoms with Crippen LogP contribution in [-0.4, -0.2) is 12.6 Å². The monoisotopic (exact) mass is 251 g/mol. The molecule has 3 heteroatoms. The molecule has 1 N–H and O–H groups in total. The fourth-order valence-corrected chi connectivity index (χ4v) is 2.47. The lowest BCUT2D eigenvalue weighted by atomic mass is 10.2. The average Bonchev–Trinajstić information content (AvgIpc) is 2.97. The summed E-state index contributed by atoms with van der Waals surface area (Å²) < 4.78 is 11.7. The van der Waals surface area contributed by atoms with Crippen LogP contribution in [0, 0.1) is 6.92 Å². The maximum absolute atomic E-state index is 5.93. The van der Waals surface area contributed by atoms with Crippen LogP contribution >= 0.6 is 0 Å². The van der Waals surface area contributed by atoms with Gasteiger partial charge >= 0.3 is 0 Å². The van der Waals surface area contributed by atoms with Crippen molar-refractivity contribution in [2.45, 2.75) is 65.2 Å². The van der Waals surface area contributed by atoms with Gasteiger partial charge in [-0.05, 0) is 38.8 Å². The standard InChI is InChI=1S/C15H25NO2/c1-3-8-16-10-15-9-13(12(2)18-15)11-17-14-6-4-5-7-14/h9,14,16H,3-8,10-11H2,1-2H3. The molecule has 0 radical (unpaired) electrons. The second-order valence-corrected chi connectivity index (χ2v) is 5.19. The minimum atomic E-state index is 0.473. The lowest BCUT2D eigenvalue weighted by Gasteiger charge is -2.09. The van der Waals surface area contributed by atoms with Crippen LogP contribution in [0.5, 0.6) is 0 Å². The van der Waals surface area contributed by atoms with Crippen molar-refractivity contribution in [3.05, 3.63) is 23.2 Å². The van der Waals surface area contributed by atoms with Gasteiger partial charge in [-0.15, -0.1) is 0 Å². The molecule has 0 spiro atoms. The number of nitrogens with one attached hydrogen (secondary N) is 1. The molecule has 0 amide bonds. The fraction of sp³-hybridized carbons (Fsp3) is 0.733. The lowest BCUT2D eigenvalue weighted by Crippen LogP contribution is -2.13. The number of rotatable bonds is 7. The van der Waals surface area contributed by atoms with Gasteiger partial charge in [-0.3, -0.25) is 0 Å². The predicted octanol–water partition coefficient (Wildman–Crippen LogP) is 3.55. The summed E-state index contributed by atoms with van der Waals surface area (Å²) in [5.41, 5.74) is 1.20. The molecule has 2 rings (SSSR count). The Hall–Kier alpha value is -0.800. The Morgan fingerprint density at radius 1 is 1.39 bits per heavy atom. The summed E-state index contributed by atoms with van der Waals surface area (Å²) in [7, 11) is 0. The summed E-state index contributed by atoms with van der Waals surface area (Å²) in [6.07, 6.45) is 6.71. The van der Waals surface area contributed by atoms with Crippen molar-refractivity contribution < 1.29 is 9.15 Å². The highest BCUT2D eigenvalue weighted by molar-refractivity contribution is 5.20. The maximum atomic E-state index is 5.93. The molecule has 1 aliphatic carbocycles. The van der Waals surface area contributed by atoms with E-state index in [0.29, 0.717) is 12.7 Å². The Morgan fingerprint density at radius 3 is 2.89 bits per heavy atom. The Kier molecular flexibility index (Phi) is 5.26. The largest absolute Gasteiger partial charge is 0.465 e. The summed E-state index contributed by atoms with van der Waals surface area (Å²) in [6, 6.07) is 2.13. The van der Waals surface area contributed by atoms with E-state index in [4.69, 9.17) is 9.15 Å². The zero-order valence-corrected chi connectivity index (χ0v) is 11.6. The van der Waals surface area contributed by atoms with Gasteiger partial charge in [-0.25, -0.2) is 0 Å². The summed E-state index contributed by atoms with van der Waals surface area (Å²) in [5.74, 6) is 2.02. The summed E-state index contributed by atoms with van der Waals surface area (Å²) in [6.45, 7) is 6.75. The SMILES string of the molecule is CCCNCc1cc(COC2CCCC2)c(C)o1. The summed E-state index contributed by atoms with van der Waals surface area (Å²) in [5, 5.41) is 3.35. The van der Waals surface area contributed by atoms with Crippen molar-refractivity contribution >= 4 is 0 Å². The molecule has 1 heterocycles. The highest BCUT2D eigenvalue weighted by atomic mass is 16.5. The van der Waals surface area contributed by atoms with E-state index >= 15 is 0 Å². The van der Waals surface area contributed by atoms with Gasteiger partial charge in [-0.1, -0.05) is 19.8 Å². The van der Waals surface area contributed by atoms with Gasteiger partial charge < -0.3 is 14.5 Å². The number of ether oxygens (including phenoxy) is 1. The molecular formula is C15H25NO2. The molecule has 0 bridgehead atoms. The molecule has 1 aromatic heterocycles. The van der Waals surface area contributed by atoms with Gasteiger partial charge in [-0.2, -0.15) is 0 Å². The smallest absolute Gasteiger partial charge is 0.118 e. The predicted molar refractivity (Wildman–Crippen MR) is 72.5 cm³/mol. The van der Waals surface area contributed by atoms with Crippen molar-refractivity contribution in [2.24, 2.45) is 0 Å². The highest BCUT2D eigenvalue weighted by Crippen LogP contribution is 2.23. The van der Waals surface area contributed by atoms with Crippen molar-refractivity contribution in [1.29, 1.82) is 0 Å². The first kappa shape index (κ1) is 13.6. The molecule has 0 aliphatic heterocycles. The Morgan fingerprint density at radius 2 is 2.17 bits per heavy atom. The topological polar surface area (TPSA) is 34.4 Å². The molecule has 0 unspecified atom stereocenters. The Labute approximate surface area is 110 Å². The Bertz CT molecular complexity index is 353. The first-order valence-electron chi connectivity index (χ1n) is 7.20. The highest BCUT2D eigenvalue weighted by Gasteiger charge is 2.16. The van der Waals surface area contributed by atoms with Gasteiger partial charge in [0.2, 0.25) is 0 Å². The molecular weight excluding hydrogens is 226 g/mol. The molecule has 1 saturated carbocycles. The molecule has 0 aromatic carbocycles. The van der Waals surface area contributed by atoms with E-state index in [1.807, 2.05) is 6.92 Å². The van der Waals surface area contributed by atoms with E-state index in [1.165, 1.54) is 31.2 Å². The third kappa shape index (κ3) is 3.85. The van der Waals surface area contributed by atoms with Gasteiger partial charge in [0.15, 0.2) is 0 Å². The summed E-state index contributed by atoms with van der Waals surface area (Å²) >= 11 is 0. The van der Waals surface area contributed by atoms with E-state index in [0.717, 1.165) is 31.0 Å². The van der Waals surface area contributed by atoms with Crippen molar-refractivity contribution in [1.82, 2.24) is 5.32 Å². The van der Waals surface area contributed by atoms with Crippen molar-refractivity contribution in [3.63, 3.8) is 0 Å². The number of aryl methyl sites for hydroxylation is 1. The van der Waals surface area contributed by atoms with E-state index in [9.17, 15) is 0 Å². The van der Waals surface area contributed by atoms with E-state index < -0.39 is 0 Å². The second kappa shape index (κ2) is 6.95. The molecule has 3 nitrogen and oxygen atoms in total. The number of furan rings is 1. The Balaban J connectivity index is 1.80. The normalized spacial score (nSPS) is 16.6. The molecule has 0 saturated heterocycles. The van der Waals surface area contributed by atoms with E-state index in [-0.39, 0.29) is 0 Å². The minimum absolute atomic E-state index is 0.473. The first-order chi connectivity index (χ1) is 8.79. The van der Waals surface area contributed by atoms with Crippen LogP contribution in [0.3, 0.4) is 0 Å². The number of hydrogen-bond acceptors (Lipinski definition) is 3. The van der Waals surface area contributed by atoms with Gasteiger partial charge in [0.05, 0.1) is 19.3 Å². The molecule has 1 aliphatic rings. The van der Waals surface area contributed by atoms with E-state index in [2.05, 4.69) is 18.3 Å². The zero-order valence-electron chi connectivity index (χ0n) is 11.6.